The smallest absolute Gasteiger partial charge is 0.232 e. The first-order chi connectivity index (χ1) is 16.1. The highest BCUT2D eigenvalue weighted by atomic mass is 32.2. The molecule has 0 saturated heterocycles. The lowest BCUT2D eigenvalue weighted by Crippen LogP contribution is -2.09. The predicted molar refractivity (Wildman–Crippen MR) is 135 cm³/mol. The lowest BCUT2D eigenvalue weighted by atomic mass is 10.0. The maximum absolute atomic E-state index is 13.0. The average Bonchev–Trinajstić information content (AvgIpc) is 3.38. The number of thiophene rings is 1. The Morgan fingerprint density at radius 3 is 2.76 bits per heavy atom. The van der Waals surface area contributed by atoms with Crippen LogP contribution < -0.4 is 5.73 Å². The summed E-state index contributed by atoms with van der Waals surface area (Å²) in [7, 11) is 3.52. The zero-order valence-electron chi connectivity index (χ0n) is 18.3. The van der Waals surface area contributed by atoms with Crippen molar-refractivity contribution in [3.05, 3.63) is 54.9 Å². The predicted octanol–water partition coefficient (Wildman–Crippen LogP) is 4.64. The van der Waals surface area contributed by atoms with Gasteiger partial charge >= 0.3 is 0 Å². The number of anilines is 1. The first-order valence-corrected chi connectivity index (χ1v) is 12.6. The van der Waals surface area contributed by atoms with Crippen LogP contribution in [0.3, 0.4) is 0 Å². The molecular weight excluding hydrogens is 454 g/mol. The van der Waals surface area contributed by atoms with Gasteiger partial charge in [-0.3, -0.25) is 4.68 Å². The van der Waals surface area contributed by atoms with Crippen LogP contribution >= 0.6 is 11.3 Å². The second-order valence-corrected chi connectivity index (χ2v) is 10.5. The van der Waals surface area contributed by atoms with E-state index >= 15 is 0 Å². The molecule has 1 unspecified atom stereocenters. The van der Waals surface area contributed by atoms with Crippen LogP contribution in [0, 0.1) is 0 Å². The minimum atomic E-state index is -1.21. The molecule has 7 nitrogen and oxygen atoms in total. The minimum Gasteiger partial charge on any atom is -0.611 e. The maximum atomic E-state index is 13.0. The first-order valence-electron chi connectivity index (χ1n) is 10.5. The van der Waals surface area contributed by atoms with E-state index < -0.39 is 11.2 Å². The number of benzene rings is 1. The van der Waals surface area contributed by atoms with E-state index in [1.165, 1.54) is 11.3 Å². The van der Waals surface area contributed by atoms with Gasteiger partial charge in [-0.15, -0.1) is 0 Å². The van der Waals surface area contributed by atoms with E-state index in [9.17, 15) is 4.55 Å². The molecule has 1 atom stereocenters. The maximum Gasteiger partial charge on any atom is 0.232 e. The number of rotatable bonds is 7. The molecule has 0 saturated carbocycles. The van der Waals surface area contributed by atoms with E-state index in [4.69, 9.17) is 15.5 Å². The molecule has 0 fully saturated rings. The number of aromatic nitrogens is 4. The van der Waals surface area contributed by atoms with Crippen LogP contribution in [0.25, 0.3) is 43.6 Å². The highest BCUT2D eigenvalue weighted by Gasteiger charge is 2.25. The van der Waals surface area contributed by atoms with Crippen LogP contribution in [-0.4, -0.2) is 43.8 Å². The van der Waals surface area contributed by atoms with Gasteiger partial charge in [0.15, 0.2) is 5.65 Å². The number of nitrogens with two attached hydrogens (primary N) is 1. The van der Waals surface area contributed by atoms with E-state index in [1.807, 2.05) is 55.7 Å². The summed E-state index contributed by atoms with van der Waals surface area (Å²) in [6.45, 7) is 0.567. The van der Waals surface area contributed by atoms with Crippen LogP contribution in [-0.2, 0) is 23.0 Å². The van der Waals surface area contributed by atoms with Gasteiger partial charge in [-0.2, -0.15) is 5.10 Å². The molecule has 2 N–H and O–H groups in total. The molecule has 0 radical (unpaired) electrons. The third-order valence-electron chi connectivity index (χ3n) is 5.50. The Morgan fingerprint density at radius 1 is 1.15 bits per heavy atom. The summed E-state index contributed by atoms with van der Waals surface area (Å²) in [6, 6.07) is 14.2. The molecular formula is C24H23N5O2S2. The van der Waals surface area contributed by atoms with Crippen molar-refractivity contribution < 1.29 is 9.29 Å². The minimum absolute atomic E-state index is 0.500. The van der Waals surface area contributed by atoms with Crippen molar-refractivity contribution in [1.29, 1.82) is 0 Å². The number of hydrogen-bond acceptors (Lipinski definition) is 7. The van der Waals surface area contributed by atoms with Gasteiger partial charge in [-0.05, 0) is 34.4 Å². The lowest BCUT2D eigenvalue weighted by Gasteiger charge is -2.10. The van der Waals surface area contributed by atoms with Gasteiger partial charge in [0.2, 0.25) is 4.21 Å². The molecule has 0 bridgehead atoms. The molecule has 0 amide bonds. The fourth-order valence-corrected chi connectivity index (χ4v) is 6.50. The summed E-state index contributed by atoms with van der Waals surface area (Å²) in [5, 5.41) is 6.08. The van der Waals surface area contributed by atoms with Crippen LogP contribution in [0.4, 0.5) is 5.69 Å². The Morgan fingerprint density at radius 2 is 1.97 bits per heavy atom. The van der Waals surface area contributed by atoms with E-state index in [1.54, 1.807) is 18.0 Å². The largest absolute Gasteiger partial charge is 0.611 e. The number of pyridine rings is 2. The number of nitrogen functional groups attached to an aromatic ring is 1. The fraction of sp³-hybridized carbons (Fsp3) is 0.208. The number of aryl methyl sites for hydroxylation is 1. The highest BCUT2D eigenvalue weighted by Crippen LogP contribution is 2.43. The topological polar surface area (TPSA) is 102 Å². The van der Waals surface area contributed by atoms with Crippen molar-refractivity contribution in [3.8, 4) is 22.4 Å². The number of methoxy groups -OCH3 is 1. The normalized spacial score (nSPS) is 12.6. The van der Waals surface area contributed by atoms with Gasteiger partial charge in [0.05, 0.1) is 18.5 Å². The SMILES string of the molecule is COCCC[S+]([O-])c1sc2nc(-c3cnc4c(cnn4C)c3)cc(-c3ccccc3)c2c1N. The zero-order valence-corrected chi connectivity index (χ0v) is 19.9. The molecule has 0 aliphatic heterocycles. The molecule has 168 valence electrons. The van der Waals surface area contributed by atoms with Gasteiger partial charge < -0.3 is 15.0 Å². The third-order valence-corrected chi connectivity index (χ3v) is 8.50. The van der Waals surface area contributed by atoms with E-state index in [2.05, 4.69) is 10.1 Å². The van der Waals surface area contributed by atoms with Crippen molar-refractivity contribution in [3.63, 3.8) is 0 Å². The lowest BCUT2D eigenvalue weighted by molar-refractivity contribution is 0.199. The zero-order chi connectivity index (χ0) is 22.9. The molecule has 0 spiro atoms. The van der Waals surface area contributed by atoms with Crippen LogP contribution in [0.1, 0.15) is 6.42 Å². The van der Waals surface area contributed by atoms with Gasteiger partial charge in [-0.1, -0.05) is 41.7 Å². The molecule has 5 rings (SSSR count). The highest BCUT2D eigenvalue weighted by molar-refractivity contribution is 7.93. The number of fused-ring (bicyclic) bond motifs is 2. The van der Waals surface area contributed by atoms with Crippen LogP contribution in [0.15, 0.2) is 59.1 Å². The van der Waals surface area contributed by atoms with Crippen LogP contribution in [0.5, 0.6) is 0 Å². The van der Waals surface area contributed by atoms with Gasteiger partial charge in [0.25, 0.3) is 0 Å². The average molecular weight is 478 g/mol. The fourth-order valence-electron chi connectivity index (χ4n) is 3.87. The molecule has 4 heterocycles. The van der Waals surface area contributed by atoms with Crippen molar-refractivity contribution in [2.75, 3.05) is 25.2 Å². The monoisotopic (exact) mass is 477 g/mol. The Hall–Kier alpha value is -2.98. The van der Waals surface area contributed by atoms with Gasteiger partial charge in [-0.25, -0.2) is 9.97 Å². The molecule has 5 aromatic rings. The third kappa shape index (κ3) is 4.08. The van der Waals surface area contributed by atoms with Crippen molar-refractivity contribution >= 4 is 49.5 Å². The Labute approximate surface area is 198 Å². The van der Waals surface area contributed by atoms with Crippen LogP contribution in [0.2, 0.25) is 0 Å². The summed E-state index contributed by atoms with van der Waals surface area (Å²) >= 11 is 0.191. The van der Waals surface area contributed by atoms with Crippen molar-refractivity contribution in [2.45, 2.75) is 10.6 Å². The summed E-state index contributed by atoms with van der Waals surface area (Å²) in [5.74, 6) is 0.500. The second-order valence-electron chi connectivity index (χ2n) is 7.71. The molecule has 1 aromatic carbocycles. The second kappa shape index (κ2) is 9.11. The quantitative estimate of drug-likeness (QED) is 0.271. The summed E-state index contributed by atoms with van der Waals surface area (Å²) in [6.07, 6.45) is 4.32. The van der Waals surface area contributed by atoms with Crippen molar-refractivity contribution in [1.82, 2.24) is 19.7 Å². The number of hydrogen-bond donors (Lipinski definition) is 1. The number of nitrogens with zero attached hydrogens (tertiary/aromatic N) is 4. The van der Waals surface area contributed by atoms with Gasteiger partial charge in [0.1, 0.15) is 16.3 Å². The standard InChI is InChI=1S/C24H23N5O2S2/c1-29-22-17(14-27-29)11-16(13-26-22)19-12-18(15-7-4-3-5-8-15)20-21(25)24(32-23(20)28-19)33(30)10-6-9-31-2/h3-5,7-8,11-14H,6,9-10,25H2,1-2H3. The Kier molecular flexibility index (Phi) is 6.03. The Balaban J connectivity index is 1.68. The first kappa shape index (κ1) is 21.8. The van der Waals surface area contributed by atoms with E-state index in [0.29, 0.717) is 28.7 Å². The summed E-state index contributed by atoms with van der Waals surface area (Å²) < 4.78 is 20.5. The molecule has 9 heteroatoms. The molecule has 0 aliphatic rings. The van der Waals surface area contributed by atoms with Gasteiger partial charge in [0, 0.05) is 43.1 Å². The number of ether oxygens (including phenoxy) is 1. The molecule has 4 aromatic heterocycles. The Bertz CT molecular complexity index is 1430. The summed E-state index contributed by atoms with van der Waals surface area (Å²) in [5.41, 5.74) is 11.6. The molecule has 0 aliphatic carbocycles. The summed E-state index contributed by atoms with van der Waals surface area (Å²) in [4.78, 5) is 10.3. The van der Waals surface area contributed by atoms with E-state index in [-0.39, 0.29) is 0 Å². The van der Waals surface area contributed by atoms with E-state index in [0.717, 1.165) is 43.6 Å². The van der Waals surface area contributed by atoms with Crippen molar-refractivity contribution in [2.24, 2.45) is 7.05 Å². The molecule has 33 heavy (non-hydrogen) atoms.